The van der Waals surface area contributed by atoms with Crippen LogP contribution in [0.4, 0.5) is 11.5 Å². The van der Waals surface area contributed by atoms with Gasteiger partial charge in [0.15, 0.2) is 5.65 Å². The van der Waals surface area contributed by atoms with Crippen LogP contribution in [0.2, 0.25) is 5.15 Å². The van der Waals surface area contributed by atoms with Gasteiger partial charge in [0.2, 0.25) is 10.0 Å². The van der Waals surface area contributed by atoms with E-state index < -0.39 is 16.1 Å². The van der Waals surface area contributed by atoms with E-state index >= 15 is 0 Å². The molecule has 2 atom stereocenters. The van der Waals surface area contributed by atoms with Crippen LogP contribution in [-0.4, -0.2) is 53.0 Å². The highest BCUT2D eigenvalue weighted by Crippen LogP contribution is 2.39. The van der Waals surface area contributed by atoms with Crippen molar-refractivity contribution in [1.29, 1.82) is 0 Å². The van der Waals surface area contributed by atoms with Crippen LogP contribution in [0, 0.1) is 0 Å². The SMILES string of the molecule is COc1ccc(-c2nn([C@@H](C)c3cc4scc(Cl)n4c(=O)c3-c3cccc(P)c3)c3ncnc(N)c23)cc1N(C)S(C)(=O)=O. The topological polar surface area (TPSA) is 138 Å². The molecule has 6 rings (SSSR count). The van der Waals surface area contributed by atoms with Crippen molar-refractivity contribution in [3.05, 3.63) is 81.3 Å². The molecule has 0 aliphatic heterocycles. The number of ether oxygens (including phenoxy) is 1. The number of thiazole rings is 1. The summed E-state index contributed by atoms with van der Waals surface area (Å²) in [4.78, 5) is 23.4. The summed E-state index contributed by atoms with van der Waals surface area (Å²) in [6, 6.07) is 14.2. The number of hydrogen-bond donors (Lipinski definition) is 1. The van der Waals surface area contributed by atoms with E-state index in [0.29, 0.717) is 54.8 Å². The minimum Gasteiger partial charge on any atom is -0.495 e. The molecule has 226 valence electrons. The molecule has 2 N–H and O–H groups in total. The third-order valence-electron chi connectivity index (χ3n) is 7.49. The first kappa shape index (κ1) is 30.0. The van der Waals surface area contributed by atoms with Gasteiger partial charge in [-0.05, 0) is 53.7 Å². The molecule has 0 fully saturated rings. The molecule has 0 saturated carbocycles. The maximum Gasteiger partial charge on any atom is 0.265 e. The van der Waals surface area contributed by atoms with E-state index in [9.17, 15) is 13.2 Å². The fourth-order valence-electron chi connectivity index (χ4n) is 5.23. The number of fused-ring (bicyclic) bond motifs is 2. The van der Waals surface area contributed by atoms with E-state index in [0.717, 1.165) is 21.4 Å². The van der Waals surface area contributed by atoms with Gasteiger partial charge in [-0.15, -0.1) is 20.6 Å². The standard InChI is InChI=1S/C29H27ClN7O4PS2/c1-15(19-12-23-36(22(30)13-43-23)29(38)24(19)16-6-5-7-18(42)10-16)37-28-25(27(31)32-14-33-28)26(34-37)17-8-9-21(41-3)20(11-17)35(2)44(4,39)40/h5-15H,42H2,1-4H3,(H2,31,32,33)/t15-/m0/s1. The van der Waals surface area contributed by atoms with Gasteiger partial charge >= 0.3 is 0 Å². The lowest BCUT2D eigenvalue weighted by atomic mass is 9.97. The number of pyridine rings is 1. The predicted octanol–water partition coefficient (Wildman–Crippen LogP) is 4.58. The Balaban J connectivity index is 1.61. The summed E-state index contributed by atoms with van der Waals surface area (Å²) in [7, 11) is 1.98. The van der Waals surface area contributed by atoms with Crippen LogP contribution in [-0.2, 0) is 10.0 Å². The Hall–Kier alpha value is -4.03. The van der Waals surface area contributed by atoms with Crippen molar-refractivity contribution in [2.75, 3.05) is 30.5 Å². The van der Waals surface area contributed by atoms with Crippen LogP contribution >= 0.6 is 32.2 Å². The van der Waals surface area contributed by atoms with Gasteiger partial charge in [-0.1, -0.05) is 29.8 Å². The number of methoxy groups -OCH3 is 1. The molecule has 4 heterocycles. The van der Waals surface area contributed by atoms with Crippen LogP contribution in [0.3, 0.4) is 0 Å². The number of anilines is 2. The Bertz CT molecular complexity index is 2270. The number of rotatable bonds is 7. The third-order valence-corrected chi connectivity index (χ3v) is 10.3. The van der Waals surface area contributed by atoms with Gasteiger partial charge < -0.3 is 10.5 Å². The highest BCUT2D eigenvalue weighted by Gasteiger charge is 2.27. The normalized spacial score (nSPS) is 12.6. The molecule has 0 saturated heterocycles. The maximum absolute atomic E-state index is 14.0. The second-order valence-electron chi connectivity index (χ2n) is 10.2. The number of aromatic nitrogens is 5. The Kier molecular flexibility index (Phi) is 7.61. The number of sulfonamides is 1. The number of nitrogens with two attached hydrogens (primary N) is 1. The van der Waals surface area contributed by atoms with Crippen LogP contribution in [0.1, 0.15) is 18.5 Å². The lowest BCUT2D eigenvalue weighted by Crippen LogP contribution is -2.25. The average Bonchev–Trinajstić information content (AvgIpc) is 3.57. The van der Waals surface area contributed by atoms with Crippen molar-refractivity contribution in [3.63, 3.8) is 0 Å². The molecule has 15 heteroatoms. The number of benzene rings is 2. The first-order valence-electron chi connectivity index (χ1n) is 13.2. The van der Waals surface area contributed by atoms with E-state index in [1.54, 1.807) is 28.3 Å². The molecule has 11 nitrogen and oxygen atoms in total. The second-order valence-corrected chi connectivity index (χ2v) is 14.1. The number of nitrogen functional groups attached to an aromatic ring is 1. The van der Waals surface area contributed by atoms with E-state index in [1.807, 2.05) is 37.3 Å². The van der Waals surface area contributed by atoms with Crippen molar-refractivity contribution in [2.45, 2.75) is 13.0 Å². The Morgan fingerprint density at radius 2 is 1.91 bits per heavy atom. The zero-order valence-corrected chi connectivity index (χ0v) is 27.6. The highest BCUT2D eigenvalue weighted by molar-refractivity contribution is 7.92. The first-order chi connectivity index (χ1) is 20.9. The summed E-state index contributed by atoms with van der Waals surface area (Å²) in [6.07, 6.45) is 2.47. The summed E-state index contributed by atoms with van der Waals surface area (Å²) in [5, 5.41) is 8.44. The van der Waals surface area contributed by atoms with Gasteiger partial charge in [0.1, 0.15) is 33.6 Å². The van der Waals surface area contributed by atoms with Crippen molar-refractivity contribution in [1.82, 2.24) is 24.1 Å². The van der Waals surface area contributed by atoms with Gasteiger partial charge in [-0.25, -0.2) is 23.1 Å². The molecule has 0 amide bonds. The van der Waals surface area contributed by atoms with Crippen LogP contribution < -0.4 is 25.6 Å². The van der Waals surface area contributed by atoms with Crippen LogP contribution in [0.15, 0.2) is 65.0 Å². The molecule has 6 aromatic rings. The Morgan fingerprint density at radius 1 is 1.14 bits per heavy atom. The average molecular weight is 668 g/mol. The fraction of sp³-hybridized carbons (Fsp3) is 0.172. The third kappa shape index (κ3) is 4.99. The lowest BCUT2D eigenvalue weighted by molar-refractivity contribution is 0.416. The zero-order chi connectivity index (χ0) is 31.5. The monoisotopic (exact) mass is 667 g/mol. The van der Waals surface area contributed by atoms with Gasteiger partial charge in [0.25, 0.3) is 5.56 Å². The van der Waals surface area contributed by atoms with Crippen LogP contribution in [0.25, 0.3) is 38.2 Å². The Labute approximate surface area is 264 Å². The molecule has 0 aliphatic rings. The number of hydrogen-bond acceptors (Lipinski definition) is 9. The number of halogens is 1. The molecule has 2 aromatic carbocycles. The van der Waals surface area contributed by atoms with Crippen molar-refractivity contribution in [3.8, 4) is 28.1 Å². The molecule has 4 aromatic heterocycles. The smallest absolute Gasteiger partial charge is 0.265 e. The van der Waals surface area contributed by atoms with Gasteiger partial charge in [-0.3, -0.25) is 13.5 Å². The summed E-state index contributed by atoms with van der Waals surface area (Å²) < 4.78 is 34.7. The minimum atomic E-state index is -3.60. The van der Waals surface area contributed by atoms with Gasteiger partial charge in [0, 0.05) is 18.0 Å². The molecule has 0 bridgehead atoms. The molecular weight excluding hydrogens is 641 g/mol. The molecule has 0 aliphatic carbocycles. The molecule has 1 unspecified atom stereocenters. The molecule has 44 heavy (non-hydrogen) atoms. The van der Waals surface area contributed by atoms with Crippen molar-refractivity contribution >= 4 is 74.9 Å². The zero-order valence-electron chi connectivity index (χ0n) is 24.0. The van der Waals surface area contributed by atoms with E-state index in [4.69, 9.17) is 27.2 Å². The minimum absolute atomic E-state index is 0.203. The van der Waals surface area contributed by atoms with Crippen molar-refractivity contribution in [2.24, 2.45) is 0 Å². The van der Waals surface area contributed by atoms with Crippen molar-refractivity contribution < 1.29 is 13.2 Å². The largest absolute Gasteiger partial charge is 0.495 e. The number of nitrogens with zero attached hydrogens (tertiary/aromatic N) is 6. The summed E-state index contributed by atoms with van der Waals surface area (Å²) >= 11 is 7.81. The molecule has 0 radical (unpaired) electrons. The summed E-state index contributed by atoms with van der Waals surface area (Å²) in [5.74, 6) is 0.570. The summed E-state index contributed by atoms with van der Waals surface area (Å²) in [6.45, 7) is 1.93. The second kappa shape index (κ2) is 11.2. The van der Waals surface area contributed by atoms with E-state index in [2.05, 4.69) is 19.2 Å². The Morgan fingerprint density at radius 3 is 2.61 bits per heavy atom. The summed E-state index contributed by atoms with van der Waals surface area (Å²) in [5.41, 5.74) is 9.87. The van der Waals surface area contributed by atoms with E-state index in [-0.39, 0.29) is 11.4 Å². The van der Waals surface area contributed by atoms with E-state index in [1.165, 1.54) is 36.2 Å². The van der Waals surface area contributed by atoms with Crippen LogP contribution in [0.5, 0.6) is 5.75 Å². The van der Waals surface area contributed by atoms with Gasteiger partial charge in [-0.2, -0.15) is 5.10 Å². The predicted molar refractivity (Wildman–Crippen MR) is 180 cm³/mol. The van der Waals surface area contributed by atoms with Gasteiger partial charge in [0.05, 0.1) is 36.0 Å². The first-order valence-corrected chi connectivity index (χ1v) is 16.9. The highest BCUT2D eigenvalue weighted by atomic mass is 35.5. The lowest BCUT2D eigenvalue weighted by Gasteiger charge is -2.20. The maximum atomic E-state index is 14.0. The fourth-order valence-corrected chi connectivity index (χ4v) is 7.18. The molecule has 0 spiro atoms. The molecular formula is C29H27ClN7O4PS2. The quantitative estimate of drug-likeness (QED) is 0.244.